The molecule has 1 fully saturated rings. The first-order valence-electron chi connectivity index (χ1n) is 13.6. The molecule has 4 rings (SSSR count). The molecular formula is C28H33ClN6O8S2. The molecular weight excluding hydrogens is 648 g/mol. The second-order valence-electron chi connectivity index (χ2n) is 11.4. The number of nitrogens with two attached hydrogens (primary N) is 1. The first-order chi connectivity index (χ1) is 21.1. The summed E-state index contributed by atoms with van der Waals surface area (Å²) in [5, 5.41) is 5.94. The summed E-state index contributed by atoms with van der Waals surface area (Å²) >= 11 is 8.27. The molecule has 3 heterocycles. The van der Waals surface area contributed by atoms with E-state index < -0.39 is 52.1 Å². The number of rotatable bonds is 11. The van der Waals surface area contributed by atoms with Crippen molar-refractivity contribution in [2.45, 2.75) is 63.8 Å². The number of hydrogen-bond donors (Lipinski definition) is 2. The van der Waals surface area contributed by atoms with Gasteiger partial charge in [-0.3, -0.25) is 14.5 Å². The second kappa shape index (κ2) is 13.6. The van der Waals surface area contributed by atoms with E-state index in [-0.39, 0.29) is 29.1 Å². The van der Waals surface area contributed by atoms with Crippen LogP contribution in [0.2, 0.25) is 0 Å². The lowest BCUT2D eigenvalue weighted by atomic mass is 10.0. The lowest BCUT2D eigenvalue weighted by molar-refractivity contribution is -0.179. The predicted octanol–water partition coefficient (Wildman–Crippen LogP) is 2.61. The number of ether oxygens (including phenoxy) is 3. The Hall–Kier alpha value is -3.89. The number of nitrogens with one attached hydrogen (secondary N) is 1. The van der Waals surface area contributed by atoms with Gasteiger partial charge in [-0.05, 0) is 57.9 Å². The first-order valence-corrected chi connectivity index (χ1v) is 15.9. The van der Waals surface area contributed by atoms with Crippen molar-refractivity contribution >= 4 is 69.5 Å². The fraction of sp³-hybridized carbons (Fsp3) is 0.464. The number of hydrogen-bond acceptors (Lipinski definition) is 14. The largest absolute Gasteiger partial charge is 0.497 e. The zero-order chi connectivity index (χ0) is 33.1. The zero-order valence-electron chi connectivity index (χ0n) is 25.4. The number of carbonyl (C=O) groups is 4. The van der Waals surface area contributed by atoms with Crippen LogP contribution in [0.5, 0.6) is 5.75 Å². The summed E-state index contributed by atoms with van der Waals surface area (Å²) in [5.74, 6) is -2.03. The van der Waals surface area contributed by atoms with Crippen LogP contribution in [0.1, 0.15) is 46.0 Å². The summed E-state index contributed by atoms with van der Waals surface area (Å²) in [6.07, 6.45) is 0. The van der Waals surface area contributed by atoms with E-state index in [1.165, 1.54) is 30.5 Å². The van der Waals surface area contributed by atoms with Gasteiger partial charge >= 0.3 is 11.9 Å². The number of fused-ring (bicyclic) bond motifs is 1. The van der Waals surface area contributed by atoms with Gasteiger partial charge in [-0.15, -0.1) is 23.4 Å². The molecule has 242 valence electrons. The molecule has 3 N–H and O–H groups in total. The molecule has 1 saturated heterocycles. The van der Waals surface area contributed by atoms with Crippen LogP contribution in [0.4, 0.5) is 5.13 Å². The number of oxime groups is 1. The fourth-order valence-electron chi connectivity index (χ4n) is 4.04. The number of methoxy groups -OCH3 is 1. The number of β-lactam (4-membered cyclic amide) rings is 1. The van der Waals surface area contributed by atoms with Gasteiger partial charge in [0.2, 0.25) is 17.1 Å². The Bertz CT molecular complexity index is 1540. The molecule has 0 bridgehead atoms. The van der Waals surface area contributed by atoms with E-state index in [9.17, 15) is 19.2 Å². The number of nitrogen functional groups attached to an aromatic ring is 1. The second-order valence-corrected chi connectivity index (χ2v) is 13.5. The van der Waals surface area contributed by atoms with Gasteiger partial charge in [0.1, 0.15) is 35.1 Å². The van der Waals surface area contributed by atoms with Crippen LogP contribution in [-0.2, 0) is 40.1 Å². The maximum Gasteiger partial charge on any atom is 0.355 e. The summed E-state index contributed by atoms with van der Waals surface area (Å²) in [6.45, 7) is 7.90. The minimum absolute atomic E-state index is 0.00594. The van der Waals surface area contributed by atoms with Gasteiger partial charge in [0, 0.05) is 23.2 Å². The van der Waals surface area contributed by atoms with Crippen molar-refractivity contribution in [2.24, 2.45) is 5.16 Å². The molecule has 0 spiro atoms. The molecule has 0 aliphatic carbocycles. The normalized spacial score (nSPS) is 18.5. The van der Waals surface area contributed by atoms with Crippen molar-refractivity contribution in [3.63, 3.8) is 0 Å². The molecule has 2 aliphatic heterocycles. The van der Waals surface area contributed by atoms with E-state index in [1.807, 2.05) is 0 Å². The zero-order valence-corrected chi connectivity index (χ0v) is 27.8. The van der Waals surface area contributed by atoms with Crippen LogP contribution >= 0.6 is 34.9 Å². The van der Waals surface area contributed by atoms with Crippen molar-refractivity contribution in [1.29, 1.82) is 0 Å². The quantitative estimate of drug-likeness (QED) is 0.116. The highest BCUT2D eigenvalue weighted by Crippen LogP contribution is 2.41. The van der Waals surface area contributed by atoms with Crippen molar-refractivity contribution in [2.75, 3.05) is 24.5 Å². The number of thioether (sulfide) groups is 1. The molecule has 0 unspecified atom stereocenters. The Morgan fingerprint density at radius 1 is 1.18 bits per heavy atom. The third-order valence-corrected chi connectivity index (χ3v) is 8.55. The molecule has 2 aliphatic rings. The predicted molar refractivity (Wildman–Crippen MR) is 167 cm³/mol. The first kappa shape index (κ1) is 34.0. The number of esters is 2. The van der Waals surface area contributed by atoms with E-state index >= 15 is 0 Å². The number of anilines is 1. The van der Waals surface area contributed by atoms with E-state index in [4.69, 9.17) is 36.4 Å². The van der Waals surface area contributed by atoms with Crippen LogP contribution in [-0.4, -0.2) is 85.1 Å². The van der Waals surface area contributed by atoms with Crippen LogP contribution < -0.4 is 15.8 Å². The van der Waals surface area contributed by atoms with E-state index in [2.05, 4.69) is 19.8 Å². The minimum Gasteiger partial charge on any atom is -0.497 e. The SMILES string of the molecule is COc1ccc(COC(=O)C2=C(CCl)CS[C@H]3[C@H](NC(=O)/C(=N\OC(C)(C)C(=O)OC(C)(C)C)c4nsc(N)n4)C(=O)N23)cc1. The lowest BCUT2D eigenvalue weighted by Crippen LogP contribution is -2.71. The van der Waals surface area contributed by atoms with E-state index in [0.29, 0.717) is 17.1 Å². The number of benzene rings is 1. The summed E-state index contributed by atoms with van der Waals surface area (Å²) < 4.78 is 20.1. The van der Waals surface area contributed by atoms with Gasteiger partial charge in [-0.25, -0.2) is 9.59 Å². The topological polar surface area (TPSA) is 185 Å². The average molecular weight is 681 g/mol. The number of amides is 2. The summed E-state index contributed by atoms with van der Waals surface area (Å²) in [7, 11) is 1.55. The van der Waals surface area contributed by atoms with Crippen LogP contribution in [0.15, 0.2) is 40.7 Å². The molecule has 1 aromatic heterocycles. The summed E-state index contributed by atoms with van der Waals surface area (Å²) in [4.78, 5) is 63.4. The van der Waals surface area contributed by atoms with Gasteiger partial charge in [-0.2, -0.15) is 9.36 Å². The van der Waals surface area contributed by atoms with Gasteiger partial charge < -0.3 is 30.1 Å². The van der Waals surface area contributed by atoms with Gasteiger partial charge in [0.15, 0.2) is 5.13 Å². The number of alkyl halides is 1. The third-order valence-electron chi connectivity index (χ3n) is 6.34. The van der Waals surface area contributed by atoms with Crippen molar-refractivity contribution in [3.8, 4) is 5.75 Å². The number of carbonyl (C=O) groups excluding carboxylic acids is 4. The molecule has 2 atom stereocenters. The Morgan fingerprint density at radius 2 is 1.87 bits per heavy atom. The smallest absolute Gasteiger partial charge is 0.355 e. The van der Waals surface area contributed by atoms with Crippen molar-refractivity contribution in [1.82, 2.24) is 19.6 Å². The van der Waals surface area contributed by atoms with Crippen LogP contribution in [0, 0.1) is 0 Å². The molecule has 2 aromatic rings. The summed E-state index contributed by atoms with van der Waals surface area (Å²) in [6, 6.07) is 5.95. The van der Waals surface area contributed by atoms with Gasteiger partial charge in [0.25, 0.3) is 11.8 Å². The van der Waals surface area contributed by atoms with Crippen LogP contribution in [0.3, 0.4) is 0 Å². The van der Waals surface area contributed by atoms with Gasteiger partial charge in [0.05, 0.1) is 7.11 Å². The molecule has 0 saturated carbocycles. The standard InChI is InChI=1S/C28H33ClN6O8S2/c1-27(2,3)42-25(39)28(4,5)43-33-17(20-32-26(30)45-34-20)21(36)31-18-22(37)35-19(15(11-29)13-44-23(18)35)24(38)41-12-14-7-9-16(40-6)10-8-14/h7-10,18,23H,11-13H2,1-6H3,(H,31,36)(H2,30,32,34)/b33-17-/t18-,23+/m1/s1. The highest BCUT2D eigenvalue weighted by Gasteiger charge is 2.54. The molecule has 1 aromatic carbocycles. The number of nitrogens with zero attached hydrogens (tertiary/aromatic N) is 4. The minimum atomic E-state index is -1.59. The Morgan fingerprint density at radius 3 is 2.44 bits per heavy atom. The highest BCUT2D eigenvalue weighted by molar-refractivity contribution is 8.00. The lowest BCUT2D eigenvalue weighted by Gasteiger charge is -2.49. The van der Waals surface area contributed by atoms with Crippen molar-refractivity contribution < 1.29 is 38.2 Å². The Kier molecular flexibility index (Phi) is 10.3. The third kappa shape index (κ3) is 7.86. The maximum absolute atomic E-state index is 13.5. The molecule has 45 heavy (non-hydrogen) atoms. The Balaban J connectivity index is 1.49. The molecule has 2 amide bonds. The highest BCUT2D eigenvalue weighted by atomic mass is 35.5. The van der Waals surface area contributed by atoms with Crippen LogP contribution in [0.25, 0.3) is 0 Å². The number of aromatic nitrogens is 2. The summed E-state index contributed by atoms with van der Waals surface area (Å²) in [5.41, 5.74) is 4.22. The van der Waals surface area contributed by atoms with E-state index in [0.717, 1.165) is 17.1 Å². The van der Waals surface area contributed by atoms with Gasteiger partial charge in [-0.1, -0.05) is 17.3 Å². The number of halogens is 1. The van der Waals surface area contributed by atoms with E-state index in [1.54, 1.807) is 52.1 Å². The average Bonchev–Trinajstić information content (AvgIpc) is 3.42. The maximum atomic E-state index is 13.5. The fourth-order valence-corrected chi connectivity index (χ4v) is 6.15. The Labute approximate surface area is 272 Å². The monoisotopic (exact) mass is 680 g/mol. The van der Waals surface area contributed by atoms with Crippen molar-refractivity contribution in [3.05, 3.63) is 46.9 Å². The molecule has 0 radical (unpaired) electrons. The molecule has 17 heteroatoms. The molecule has 14 nitrogen and oxygen atoms in total.